The number of aliphatic carboxylic acids is 1. The highest BCUT2D eigenvalue weighted by Gasteiger charge is 2.30. The average Bonchev–Trinajstić information content (AvgIpc) is 2.65. The van der Waals surface area contributed by atoms with Gasteiger partial charge in [-0.2, -0.15) is 0 Å². The minimum atomic E-state index is -0.990. The summed E-state index contributed by atoms with van der Waals surface area (Å²) in [6, 6.07) is 7.29. The number of carboxylic acids is 1. The molecule has 6 heteroatoms. The molecule has 1 unspecified atom stereocenters. The van der Waals surface area contributed by atoms with Gasteiger partial charge < -0.3 is 19.9 Å². The maximum absolute atomic E-state index is 12.2. The zero-order valence-electron chi connectivity index (χ0n) is 17.4. The van der Waals surface area contributed by atoms with Crippen molar-refractivity contribution in [2.24, 2.45) is 11.3 Å². The number of rotatable bonds is 8. The molecule has 0 saturated heterocycles. The molecular weight excluding hydrogens is 358 g/mol. The van der Waals surface area contributed by atoms with Crippen molar-refractivity contribution in [2.75, 3.05) is 13.7 Å². The number of benzene rings is 1. The van der Waals surface area contributed by atoms with Crippen LogP contribution in [0.1, 0.15) is 52.0 Å². The van der Waals surface area contributed by atoms with Crippen LogP contribution in [0.25, 0.3) is 0 Å². The van der Waals surface area contributed by atoms with Gasteiger partial charge in [0, 0.05) is 19.6 Å². The van der Waals surface area contributed by atoms with Gasteiger partial charge in [0.1, 0.15) is 5.75 Å². The van der Waals surface area contributed by atoms with E-state index in [9.17, 15) is 9.59 Å². The SMILES string of the molecule is COC(Cc1ccc(OCC(=O)N[C@H]2CC[C@@H](C(C)(C)C)CC2)cc1)C(=O)O. The minimum absolute atomic E-state index is 0.0195. The summed E-state index contributed by atoms with van der Waals surface area (Å²) in [5.74, 6) is 0.207. The summed E-state index contributed by atoms with van der Waals surface area (Å²) in [7, 11) is 1.38. The third-order valence-electron chi connectivity index (χ3n) is 5.59. The van der Waals surface area contributed by atoms with E-state index in [0.29, 0.717) is 17.1 Å². The molecule has 28 heavy (non-hydrogen) atoms. The normalized spacial score (nSPS) is 21.0. The summed E-state index contributed by atoms with van der Waals surface area (Å²) in [5, 5.41) is 12.1. The molecule has 0 bridgehead atoms. The number of carbonyl (C=O) groups excluding carboxylic acids is 1. The van der Waals surface area contributed by atoms with Crippen molar-refractivity contribution in [3.63, 3.8) is 0 Å². The predicted molar refractivity (Wildman–Crippen MR) is 107 cm³/mol. The maximum Gasteiger partial charge on any atom is 0.333 e. The van der Waals surface area contributed by atoms with E-state index in [1.54, 1.807) is 24.3 Å². The van der Waals surface area contributed by atoms with E-state index >= 15 is 0 Å². The molecule has 1 aromatic carbocycles. The van der Waals surface area contributed by atoms with E-state index < -0.39 is 12.1 Å². The Kier molecular flexibility index (Phi) is 7.87. The van der Waals surface area contributed by atoms with Crippen LogP contribution in [0.4, 0.5) is 0 Å². The molecule has 1 fully saturated rings. The Hall–Kier alpha value is -2.08. The predicted octanol–water partition coefficient (Wildman–Crippen LogP) is 3.43. The molecule has 156 valence electrons. The summed E-state index contributed by atoms with van der Waals surface area (Å²) in [5.41, 5.74) is 1.17. The van der Waals surface area contributed by atoms with Gasteiger partial charge in [0.25, 0.3) is 5.91 Å². The molecule has 2 N–H and O–H groups in total. The Morgan fingerprint density at radius 2 is 1.75 bits per heavy atom. The van der Waals surface area contributed by atoms with Crippen molar-refractivity contribution in [1.82, 2.24) is 5.32 Å². The summed E-state index contributed by atoms with van der Waals surface area (Å²) >= 11 is 0. The first-order valence-electron chi connectivity index (χ1n) is 9.95. The standard InChI is InChI=1S/C22H33NO5/c1-22(2,3)16-7-9-17(10-8-16)23-20(24)14-28-18-11-5-15(6-12-18)13-19(27-4)21(25)26/h5-6,11-12,16-17,19H,7-10,13-14H2,1-4H3,(H,23,24)(H,25,26)/t16-,17+,19?. The monoisotopic (exact) mass is 391 g/mol. The van der Waals surface area contributed by atoms with Gasteiger partial charge in [0.15, 0.2) is 12.7 Å². The number of methoxy groups -OCH3 is 1. The molecule has 1 aliphatic rings. The summed E-state index contributed by atoms with van der Waals surface area (Å²) < 4.78 is 10.5. The second-order valence-corrected chi connectivity index (χ2v) is 8.68. The summed E-state index contributed by atoms with van der Waals surface area (Å²) in [6.07, 6.45) is 3.75. The molecule has 2 rings (SSSR count). The van der Waals surface area contributed by atoms with Crippen molar-refractivity contribution in [1.29, 1.82) is 0 Å². The van der Waals surface area contributed by atoms with Crippen LogP contribution in [0.5, 0.6) is 5.75 Å². The fraction of sp³-hybridized carbons (Fsp3) is 0.636. The van der Waals surface area contributed by atoms with Gasteiger partial charge in [-0.3, -0.25) is 4.79 Å². The quantitative estimate of drug-likeness (QED) is 0.709. The van der Waals surface area contributed by atoms with Crippen LogP contribution in [0.15, 0.2) is 24.3 Å². The number of hydrogen-bond acceptors (Lipinski definition) is 4. The zero-order valence-corrected chi connectivity index (χ0v) is 17.4. The minimum Gasteiger partial charge on any atom is -0.484 e. The number of amides is 1. The van der Waals surface area contributed by atoms with Crippen LogP contribution in [0.3, 0.4) is 0 Å². The second-order valence-electron chi connectivity index (χ2n) is 8.68. The Bertz CT molecular complexity index is 642. The molecule has 0 aliphatic heterocycles. The van der Waals surface area contributed by atoms with Gasteiger partial charge in [0.05, 0.1) is 0 Å². The first kappa shape index (κ1) is 22.2. The number of hydrogen-bond donors (Lipinski definition) is 2. The van der Waals surface area contributed by atoms with E-state index in [-0.39, 0.29) is 25.0 Å². The van der Waals surface area contributed by atoms with Crippen molar-refractivity contribution < 1.29 is 24.2 Å². The topological polar surface area (TPSA) is 84.9 Å². The lowest BCUT2D eigenvalue weighted by atomic mass is 9.71. The number of ether oxygens (including phenoxy) is 2. The molecule has 0 spiro atoms. The highest BCUT2D eigenvalue weighted by atomic mass is 16.5. The zero-order chi connectivity index (χ0) is 20.7. The Morgan fingerprint density at radius 3 is 2.25 bits per heavy atom. The van der Waals surface area contributed by atoms with Crippen LogP contribution in [0.2, 0.25) is 0 Å². The molecule has 0 heterocycles. The molecule has 1 aliphatic carbocycles. The van der Waals surface area contributed by atoms with Gasteiger partial charge in [-0.1, -0.05) is 32.9 Å². The molecule has 0 radical (unpaired) electrons. The van der Waals surface area contributed by atoms with Gasteiger partial charge >= 0.3 is 5.97 Å². The maximum atomic E-state index is 12.2. The van der Waals surface area contributed by atoms with E-state index in [0.717, 1.165) is 31.2 Å². The van der Waals surface area contributed by atoms with E-state index in [1.165, 1.54) is 7.11 Å². The third kappa shape index (κ3) is 6.82. The smallest absolute Gasteiger partial charge is 0.333 e. The Morgan fingerprint density at radius 1 is 1.14 bits per heavy atom. The highest BCUT2D eigenvalue weighted by molar-refractivity contribution is 5.77. The molecule has 6 nitrogen and oxygen atoms in total. The van der Waals surface area contributed by atoms with E-state index in [2.05, 4.69) is 26.1 Å². The second kappa shape index (κ2) is 9.92. The lowest BCUT2D eigenvalue weighted by Gasteiger charge is -2.37. The first-order chi connectivity index (χ1) is 13.2. The van der Waals surface area contributed by atoms with E-state index in [4.69, 9.17) is 14.6 Å². The lowest BCUT2D eigenvalue weighted by molar-refractivity contribution is -0.148. The largest absolute Gasteiger partial charge is 0.484 e. The number of nitrogens with one attached hydrogen (secondary N) is 1. The summed E-state index contributed by atoms with van der Waals surface area (Å²) in [4.78, 5) is 23.2. The van der Waals surface area contributed by atoms with Gasteiger partial charge in [-0.15, -0.1) is 0 Å². The highest BCUT2D eigenvalue weighted by Crippen LogP contribution is 2.37. The molecule has 1 atom stereocenters. The van der Waals surface area contributed by atoms with Crippen molar-refractivity contribution >= 4 is 11.9 Å². The van der Waals surface area contributed by atoms with Crippen LogP contribution < -0.4 is 10.1 Å². The van der Waals surface area contributed by atoms with Gasteiger partial charge in [-0.25, -0.2) is 4.79 Å². The lowest BCUT2D eigenvalue weighted by Crippen LogP contribution is -2.41. The van der Waals surface area contributed by atoms with Crippen LogP contribution >= 0.6 is 0 Å². The fourth-order valence-electron chi connectivity index (χ4n) is 3.73. The molecular formula is C22H33NO5. The number of carboxylic acid groups (broad SMARTS) is 1. The Balaban J connectivity index is 1.73. The van der Waals surface area contributed by atoms with Crippen LogP contribution in [-0.2, 0) is 20.7 Å². The fourth-order valence-corrected chi connectivity index (χ4v) is 3.73. The van der Waals surface area contributed by atoms with Crippen molar-refractivity contribution in [3.05, 3.63) is 29.8 Å². The van der Waals surface area contributed by atoms with Crippen LogP contribution in [-0.4, -0.2) is 42.8 Å². The molecule has 1 amide bonds. The molecule has 1 saturated carbocycles. The summed E-state index contributed by atoms with van der Waals surface area (Å²) in [6.45, 7) is 6.83. The average molecular weight is 392 g/mol. The van der Waals surface area contributed by atoms with Crippen LogP contribution in [0, 0.1) is 11.3 Å². The van der Waals surface area contributed by atoms with Gasteiger partial charge in [-0.05, 0) is 54.7 Å². The van der Waals surface area contributed by atoms with Crippen molar-refractivity contribution in [2.45, 2.75) is 65.0 Å². The third-order valence-corrected chi connectivity index (χ3v) is 5.59. The van der Waals surface area contributed by atoms with Crippen molar-refractivity contribution in [3.8, 4) is 5.75 Å². The Labute approximate surface area is 167 Å². The molecule has 0 aromatic heterocycles. The van der Waals surface area contributed by atoms with E-state index in [1.807, 2.05) is 0 Å². The number of carbonyl (C=O) groups is 2. The first-order valence-corrected chi connectivity index (χ1v) is 9.95. The van der Waals surface area contributed by atoms with Gasteiger partial charge in [0.2, 0.25) is 0 Å². The molecule has 1 aromatic rings.